The smallest absolute Gasteiger partial charge is 0.233 e. The third-order valence-electron chi connectivity index (χ3n) is 5.12. The van der Waals surface area contributed by atoms with Crippen molar-refractivity contribution in [3.63, 3.8) is 0 Å². The van der Waals surface area contributed by atoms with Crippen LogP contribution in [0.25, 0.3) is 5.69 Å². The molecule has 1 heterocycles. The van der Waals surface area contributed by atoms with Gasteiger partial charge in [0.1, 0.15) is 11.6 Å². The van der Waals surface area contributed by atoms with Gasteiger partial charge in [-0.05, 0) is 49.6 Å². The van der Waals surface area contributed by atoms with E-state index in [0.29, 0.717) is 24.8 Å². The number of aromatic nitrogens is 3. The number of hydrogen-bond donors (Lipinski definition) is 0. The number of amides is 1. The largest absolute Gasteiger partial charge is 0.494 e. The average molecular weight is 423 g/mol. The second-order valence-electron chi connectivity index (χ2n) is 7.35. The minimum atomic E-state index is 0.133. The minimum absolute atomic E-state index is 0.133. The predicted octanol–water partition coefficient (Wildman–Crippen LogP) is 3.97. The Hall–Kier alpha value is -2.80. The topological polar surface area (TPSA) is 60.2 Å². The number of carbonyl (C=O) groups is 1. The lowest BCUT2D eigenvalue weighted by molar-refractivity contribution is -0.127. The lowest BCUT2D eigenvalue weighted by atomic mass is 10.1. The fraction of sp³-hybridized carbons (Fsp3) is 0.348. The molecule has 0 saturated heterocycles. The lowest BCUT2D eigenvalue weighted by Crippen LogP contribution is -2.30. The zero-order valence-electron chi connectivity index (χ0n) is 17.3. The molecule has 3 aromatic rings. The van der Waals surface area contributed by atoms with Crippen LogP contribution in [-0.2, 0) is 11.2 Å². The highest BCUT2D eigenvalue weighted by molar-refractivity contribution is 7.99. The van der Waals surface area contributed by atoms with E-state index >= 15 is 0 Å². The molecule has 1 saturated carbocycles. The standard InChI is InChI=1S/C23H26N4O2S/c1-3-29-20-13-11-19(12-14-20)27-21(15-17-7-5-4-6-8-17)24-25-23(27)30-16-22(28)26(2)18-9-10-18/h4-8,11-14,18H,3,9-10,15-16H2,1-2H3. The van der Waals surface area contributed by atoms with E-state index < -0.39 is 0 Å². The van der Waals surface area contributed by atoms with Crippen molar-refractivity contribution in [3.8, 4) is 11.4 Å². The fourth-order valence-electron chi connectivity index (χ4n) is 3.30. The van der Waals surface area contributed by atoms with E-state index in [0.717, 1.165) is 40.8 Å². The second kappa shape index (κ2) is 9.34. The number of hydrogen-bond acceptors (Lipinski definition) is 5. The fourth-order valence-corrected chi connectivity index (χ4v) is 4.19. The molecule has 0 spiro atoms. The second-order valence-corrected chi connectivity index (χ2v) is 8.29. The molecule has 0 atom stereocenters. The maximum absolute atomic E-state index is 12.5. The Morgan fingerprint density at radius 3 is 2.53 bits per heavy atom. The summed E-state index contributed by atoms with van der Waals surface area (Å²) in [5.41, 5.74) is 2.12. The number of rotatable bonds is 9. The third-order valence-corrected chi connectivity index (χ3v) is 6.04. The molecular formula is C23H26N4O2S. The van der Waals surface area contributed by atoms with Crippen LogP contribution in [0.3, 0.4) is 0 Å². The first kappa shape index (κ1) is 20.5. The van der Waals surface area contributed by atoms with Gasteiger partial charge >= 0.3 is 0 Å². The van der Waals surface area contributed by atoms with Gasteiger partial charge in [-0.1, -0.05) is 42.1 Å². The molecule has 156 valence electrons. The van der Waals surface area contributed by atoms with Gasteiger partial charge in [0.25, 0.3) is 0 Å². The van der Waals surface area contributed by atoms with Crippen LogP contribution >= 0.6 is 11.8 Å². The zero-order valence-corrected chi connectivity index (χ0v) is 18.1. The number of benzene rings is 2. The van der Waals surface area contributed by atoms with Gasteiger partial charge < -0.3 is 9.64 Å². The van der Waals surface area contributed by atoms with E-state index in [9.17, 15) is 4.79 Å². The summed E-state index contributed by atoms with van der Waals surface area (Å²) >= 11 is 1.44. The highest BCUT2D eigenvalue weighted by atomic mass is 32.2. The molecule has 0 aliphatic heterocycles. The van der Waals surface area contributed by atoms with Crippen LogP contribution in [0.15, 0.2) is 59.8 Å². The summed E-state index contributed by atoms with van der Waals surface area (Å²) in [6.07, 6.45) is 2.88. The Labute approximate surface area is 181 Å². The van der Waals surface area contributed by atoms with Crippen LogP contribution in [0.1, 0.15) is 31.2 Å². The summed E-state index contributed by atoms with van der Waals surface area (Å²) in [7, 11) is 1.89. The Bertz CT molecular complexity index is 984. The summed E-state index contributed by atoms with van der Waals surface area (Å²) in [6, 6.07) is 18.5. The van der Waals surface area contributed by atoms with Crippen LogP contribution in [-0.4, -0.2) is 51.0 Å². The molecule has 0 unspecified atom stereocenters. The number of thioether (sulfide) groups is 1. The van der Waals surface area contributed by atoms with Gasteiger partial charge in [0, 0.05) is 25.2 Å². The van der Waals surface area contributed by atoms with Crippen LogP contribution in [0.4, 0.5) is 0 Å². The molecule has 7 heteroatoms. The van der Waals surface area contributed by atoms with Crippen molar-refractivity contribution in [2.75, 3.05) is 19.4 Å². The zero-order chi connectivity index (χ0) is 20.9. The Morgan fingerprint density at radius 1 is 1.13 bits per heavy atom. The molecule has 1 aliphatic carbocycles. The predicted molar refractivity (Wildman–Crippen MR) is 118 cm³/mol. The molecule has 2 aromatic carbocycles. The Balaban J connectivity index is 1.59. The van der Waals surface area contributed by atoms with E-state index in [1.807, 2.05) is 65.9 Å². The van der Waals surface area contributed by atoms with E-state index in [-0.39, 0.29) is 5.91 Å². The Kier molecular flexibility index (Phi) is 6.38. The van der Waals surface area contributed by atoms with Crippen molar-refractivity contribution in [1.29, 1.82) is 0 Å². The lowest BCUT2D eigenvalue weighted by Gasteiger charge is -2.16. The third kappa shape index (κ3) is 4.84. The average Bonchev–Trinajstić information content (AvgIpc) is 3.55. The molecule has 1 amide bonds. The van der Waals surface area contributed by atoms with Crippen LogP contribution in [0.5, 0.6) is 5.75 Å². The van der Waals surface area contributed by atoms with Crippen molar-refractivity contribution < 1.29 is 9.53 Å². The van der Waals surface area contributed by atoms with E-state index in [2.05, 4.69) is 22.3 Å². The van der Waals surface area contributed by atoms with E-state index in [1.165, 1.54) is 11.8 Å². The van der Waals surface area contributed by atoms with Gasteiger partial charge in [-0.3, -0.25) is 9.36 Å². The first-order valence-electron chi connectivity index (χ1n) is 10.3. The van der Waals surface area contributed by atoms with Gasteiger partial charge in [-0.25, -0.2) is 0 Å². The summed E-state index contributed by atoms with van der Waals surface area (Å²) in [5.74, 6) is 2.16. The van der Waals surface area contributed by atoms with Gasteiger partial charge in [0.2, 0.25) is 5.91 Å². The molecule has 1 aliphatic rings. The van der Waals surface area contributed by atoms with Crippen molar-refractivity contribution >= 4 is 17.7 Å². The maximum atomic E-state index is 12.5. The minimum Gasteiger partial charge on any atom is -0.494 e. The maximum Gasteiger partial charge on any atom is 0.233 e. The molecule has 0 bridgehead atoms. The summed E-state index contributed by atoms with van der Waals surface area (Å²) in [6.45, 7) is 2.60. The summed E-state index contributed by atoms with van der Waals surface area (Å²) < 4.78 is 7.61. The quantitative estimate of drug-likeness (QED) is 0.489. The number of ether oxygens (including phenoxy) is 1. The van der Waals surface area contributed by atoms with Gasteiger partial charge in [0.15, 0.2) is 5.16 Å². The van der Waals surface area contributed by atoms with Crippen LogP contribution in [0.2, 0.25) is 0 Å². The first-order chi connectivity index (χ1) is 14.7. The summed E-state index contributed by atoms with van der Waals surface area (Å²) in [4.78, 5) is 14.3. The van der Waals surface area contributed by atoms with Crippen molar-refractivity contribution in [2.45, 2.75) is 37.4 Å². The van der Waals surface area contributed by atoms with Gasteiger partial charge in [-0.2, -0.15) is 0 Å². The summed E-state index contributed by atoms with van der Waals surface area (Å²) in [5, 5.41) is 9.59. The molecular weight excluding hydrogens is 396 g/mol. The molecule has 1 aromatic heterocycles. The highest BCUT2D eigenvalue weighted by Gasteiger charge is 2.29. The van der Waals surface area contributed by atoms with E-state index in [4.69, 9.17) is 4.74 Å². The number of carbonyl (C=O) groups excluding carboxylic acids is 1. The van der Waals surface area contributed by atoms with Crippen molar-refractivity contribution in [2.24, 2.45) is 0 Å². The molecule has 0 radical (unpaired) electrons. The Morgan fingerprint density at radius 2 is 1.87 bits per heavy atom. The van der Waals surface area contributed by atoms with E-state index in [1.54, 1.807) is 0 Å². The molecule has 4 rings (SSSR count). The van der Waals surface area contributed by atoms with Gasteiger partial charge in [0.05, 0.1) is 12.4 Å². The SMILES string of the molecule is CCOc1ccc(-n2c(Cc3ccccc3)nnc2SCC(=O)N(C)C2CC2)cc1. The van der Waals surface area contributed by atoms with Crippen molar-refractivity contribution in [3.05, 3.63) is 66.0 Å². The normalized spacial score (nSPS) is 13.3. The monoisotopic (exact) mass is 422 g/mol. The first-order valence-corrected chi connectivity index (χ1v) is 11.2. The van der Waals surface area contributed by atoms with Crippen LogP contribution in [0, 0.1) is 0 Å². The van der Waals surface area contributed by atoms with Gasteiger partial charge in [-0.15, -0.1) is 10.2 Å². The molecule has 6 nitrogen and oxygen atoms in total. The van der Waals surface area contributed by atoms with Crippen LogP contribution < -0.4 is 4.74 Å². The molecule has 30 heavy (non-hydrogen) atoms. The number of nitrogens with zero attached hydrogens (tertiary/aromatic N) is 4. The molecule has 0 N–H and O–H groups in total. The molecule has 1 fully saturated rings. The highest BCUT2D eigenvalue weighted by Crippen LogP contribution is 2.28. The van der Waals surface area contributed by atoms with Crippen molar-refractivity contribution in [1.82, 2.24) is 19.7 Å².